The lowest BCUT2D eigenvalue weighted by Gasteiger charge is -2.32. The quantitative estimate of drug-likeness (QED) is 0.750. The highest BCUT2D eigenvalue weighted by molar-refractivity contribution is 6.62. The second-order valence-electron chi connectivity index (χ2n) is 5.60. The van der Waals surface area contributed by atoms with Gasteiger partial charge in [-0.1, -0.05) is 12.1 Å². The molecule has 0 bridgehead atoms. The first kappa shape index (κ1) is 13.3. The Bertz CT molecular complexity index is 435. The molecule has 1 aromatic rings. The van der Waals surface area contributed by atoms with Gasteiger partial charge in [0.2, 0.25) is 0 Å². The van der Waals surface area contributed by atoms with E-state index in [1.807, 2.05) is 37.4 Å². The van der Waals surface area contributed by atoms with Gasteiger partial charge in [-0.05, 0) is 46.8 Å². The molecule has 1 aliphatic rings. The number of hydrogen-bond donors (Lipinski definition) is 0. The number of allylic oxidation sites excluding steroid dienone is 1. The number of nitrogens with zero attached hydrogens (tertiary/aromatic N) is 1. The van der Waals surface area contributed by atoms with E-state index >= 15 is 0 Å². The Kier molecular flexibility index (Phi) is 3.34. The SMILES string of the molecule is C/C=C/c1ccc(B2OC(C)(C)C(C)(C)O2)cn1. The van der Waals surface area contributed by atoms with Crippen molar-refractivity contribution in [1.29, 1.82) is 0 Å². The fourth-order valence-corrected chi connectivity index (χ4v) is 1.80. The van der Waals surface area contributed by atoms with Gasteiger partial charge in [-0.2, -0.15) is 0 Å². The minimum absolute atomic E-state index is 0.306. The molecular weight excluding hydrogens is 225 g/mol. The number of pyridine rings is 1. The minimum atomic E-state index is -0.331. The maximum atomic E-state index is 5.97. The van der Waals surface area contributed by atoms with Crippen molar-refractivity contribution in [1.82, 2.24) is 4.98 Å². The molecule has 0 unspecified atom stereocenters. The van der Waals surface area contributed by atoms with Gasteiger partial charge in [0.1, 0.15) is 0 Å². The maximum absolute atomic E-state index is 5.97. The van der Waals surface area contributed by atoms with Gasteiger partial charge >= 0.3 is 7.12 Å². The van der Waals surface area contributed by atoms with Crippen molar-refractivity contribution >= 4 is 18.7 Å². The van der Waals surface area contributed by atoms with Crippen molar-refractivity contribution in [3.05, 3.63) is 30.1 Å². The van der Waals surface area contributed by atoms with E-state index in [-0.39, 0.29) is 18.3 Å². The molecule has 0 atom stereocenters. The average molecular weight is 245 g/mol. The Morgan fingerprint density at radius 1 is 1.11 bits per heavy atom. The fraction of sp³-hybridized carbons (Fsp3) is 0.500. The lowest BCUT2D eigenvalue weighted by atomic mass is 9.80. The van der Waals surface area contributed by atoms with E-state index in [1.54, 1.807) is 0 Å². The summed E-state index contributed by atoms with van der Waals surface area (Å²) in [5.41, 5.74) is 1.29. The van der Waals surface area contributed by atoms with E-state index in [0.717, 1.165) is 11.2 Å². The summed E-state index contributed by atoms with van der Waals surface area (Å²) in [6.07, 6.45) is 5.75. The second-order valence-corrected chi connectivity index (χ2v) is 5.60. The predicted molar refractivity (Wildman–Crippen MR) is 74.7 cm³/mol. The summed E-state index contributed by atoms with van der Waals surface area (Å²) in [5.74, 6) is 0. The summed E-state index contributed by atoms with van der Waals surface area (Å²) in [6.45, 7) is 10.2. The number of rotatable bonds is 2. The smallest absolute Gasteiger partial charge is 0.399 e. The summed E-state index contributed by atoms with van der Waals surface area (Å²) < 4.78 is 11.9. The Morgan fingerprint density at radius 2 is 1.72 bits per heavy atom. The topological polar surface area (TPSA) is 31.4 Å². The largest absolute Gasteiger partial charge is 0.496 e. The molecule has 0 N–H and O–H groups in total. The van der Waals surface area contributed by atoms with Crippen LogP contribution in [0, 0.1) is 0 Å². The van der Waals surface area contributed by atoms with Gasteiger partial charge in [-0.15, -0.1) is 0 Å². The third-order valence-electron chi connectivity index (χ3n) is 3.67. The maximum Gasteiger partial charge on any atom is 0.496 e. The predicted octanol–water partition coefficient (Wildman–Crippen LogP) is 2.41. The Hall–Kier alpha value is -1.13. The van der Waals surface area contributed by atoms with Crippen LogP contribution in [0.4, 0.5) is 0 Å². The van der Waals surface area contributed by atoms with Gasteiger partial charge in [0.25, 0.3) is 0 Å². The summed E-state index contributed by atoms with van der Waals surface area (Å²) in [6, 6.07) is 3.98. The zero-order chi connectivity index (χ0) is 13.4. The van der Waals surface area contributed by atoms with Crippen LogP contribution in [0.3, 0.4) is 0 Å². The lowest BCUT2D eigenvalue weighted by Crippen LogP contribution is -2.41. The highest BCUT2D eigenvalue weighted by atomic mass is 16.7. The average Bonchev–Trinajstić information content (AvgIpc) is 2.50. The van der Waals surface area contributed by atoms with E-state index in [2.05, 4.69) is 32.7 Å². The van der Waals surface area contributed by atoms with Crippen molar-refractivity contribution < 1.29 is 9.31 Å². The molecule has 1 aliphatic heterocycles. The van der Waals surface area contributed by atoms with Crippen molar-refractivity contribution in [3.8, 4) is 0 Å². The summed E-state index contributed by atoms with van der Waals surface area (Å²) >= 11 is 0. The van der Waals surface area contributed by atoms with Crippen LogP contribution in [0.2, 0.25) is 0 Å². The van der Waals surface area contributed by atoms with Crippen LogP contribution in [0.15, 0.2) is 24.4 Å². The molecular formula is C14H20BNO2. The summed E-state index contributed by atoms with van der Waals surface area (Å²) in [7, 11) is -0.331. The van der Waals surface area contributed by atoms with Gasteiger partial charge in [0.05, 0.1) is 16.9 Å². The standard InChI is InChI=1S/C14H20BNO2/c1-6-7-12-9-8-11(10-16-12)15-17-13(2,3)14(4,5)18-15/h6-10H,1-5H3/b7-6+. The van der Waals surface area contributed by atoms with Crippen LogP contribution in [0.5, 0.6) is 0 Å². The highest BCUT2D eigenvalue weighted by Crippen LogP contribution is 2.36. The lowest BCUT2D eigenvalue weighted by molar-refractivity contribution is 0.00578. The Morgan fingerprint density at radius 3 is 2.17 bits per heavy atom. The summed E-state index contributed by atoms with van der Waals surface area (Å²) in [4.78, 5) is 4.36. The molecule has 96 valence electrons. The molecule has 3 nitrogen and oxygen atoms in total. The first-order chi connectivity index (χ1) is 8.36. The zero-order valence-corrected chi connectivity index (χ0v) is 11.7. The van der Waals surface area contributed by atoms with Crippen molar-refractivity contribution in [2.75, 3.05) is 0 Å². The van der Waals surface area contributed by atoms with E-state index in [0.29, 0.717) is 0 Å². The van der Waals surface area contributed by atoms with E-state index in [9.17, 15) is 0 Å². The molecule has 0 spiro atoms. The van der Waals surface area contributed by atoms with Gasteiger partial charge in [-0.25, -0.2) is 0 Å². The molecule has 0 saturated carbocycles. The van der Waals surface area contributed by atoms with Crippen LogP contribution in [0.25, 0.3) is 6.08 Å². The fourth-order valence-electron chi connectivity index (χ4n) is 1.80. The monoisotopic (exact) mass is 245 g/mol. The van der Waals surface area contributed by atoms with E-state index < -0.39 is 0 Å². The molecule has 1 saturated heterocycles. The van der Waals surface area contributed by atoms with Crippen molar-refractivity contribution in [2.45, 2.75) is 45.8 Å². The van der Waals surface area contributed by atoms with Crippen LogP contribution in [-0.4, -0.2) is 23.3 Å². The minimum Gasteiger partial charge on any atom is -0.399 e. The zero-order valence-electron chi connectivity index (χ0n) is 11.7. The highest BCUT2D eigenvalue weighted by Gasteiger charge is 2.51. The third kappa shape index (κ3) is 2.35. The molecule has 0 amide bonds. The second kappa shape index (κ2) is 4.52. The Balaban J connectivity index is 2.19. The molecule has 4 heteroatoms. The van der Waals surface area contributed by atoms with Crippen molar-refractivity contribution in [2.24, 2.45) is 0 Å². The van der Waals surface area contributed by atoms with Crippen LogP contribution in [-0.2, 0) is 9.31 Å². The molecule has 18 heavy (non-hydrogen) atoms. The van der Waals surface area contributed by atoms with E-state index in [1.165, 1.54) is 0 Å². The summed E-state index contributed by atoms with van der Waals surface area (Å²) in [5, 5.41) is 0. The molecule has 0 aromatic carbocycles. The van der Waals surface area contributed by atoms with Crippen molar-refractivity contribution in [3.63, 3.8) is 0 Å². The molecule has 1 aromatic heterocycles. The molecule has 1 fully saturated rings. The first-order valence-electron chi connectivity index (χ1n) is 6.30. The first-order valence-corrected chi connectivity index (χ1v) is 6.30. The molecule has 0 aliphatic carbocycles. The van der Waals surface area contributed by atoms with Crippen LogP contribution < -0.4 is 5.46 Å². The van der Waals surface area contributed by atoms with Crippen LogP contribution >= 0.6 is 0 Å². The molecule has 2 heterocycles. The molecule has 2 rings (SSSR count). The normalized spacial score (nSPS) is 21.7. The van der Waals surface area contributed by atoms with Gasteiger partial charge in [0, 0.05) is 11.7 Å². The number of aromatic nitrogens is 1. The molecule has 0 radical (unpaired) electrons. The van der Waals surface area contributed by atoms with Gasteiger partial charge in [-0.3, -0.25) is 4.98 Å². The number of hydrogen-bond acceptors (Lipinski definition) is 3. The Labute approximate surface area is 109 Å². The van der Waals surface area contributed by atoms with Gasteiger partial charge < -0.3 is 9.31 Å². The third-order valence-corrected chi connectivity index (χ3v) is 3.67. The van der Waals surface area contributed by atoms with Gasteiger partial charge in [0.15, 0.2) is 0 Å². The van der Waals surface area contributed by atoms with Crippen LogP contribution in [0.1, 0.15) is 40.3 Å². The van der Waals surface area contributed by atoms with E-state index in [4.69, 9.17) is 9.31 Å².